The van der Waals surface area contributed by atoms with E-state index in [-0.39, 0.29) is 0 Å². The average molecular weight is 502 g/mol. The van der Waals surface area contributed by atoms with Crippen LogP contribution in [0.1, 0.15) is 17.2 Å². The third-order valence-corrected chi connectivity index (χ3v) is 4.61. The second-order valence-corrected chi connectivity index (χ2v) is 8.70. The van der Waals surface area contributed by atoms with Crippen LogP contribution in [0.5, 0.6) is 0 Å². The zero-order valence-corrected chi connectivity index (χ0v) is 16.8. The Bertz CT molecular complexity index is 735. The average Bonchev–Trinajstić information content (AvgIpc) is 2.49. The van der Waals surface area contributed by atoms with Crippen LogP contribution >= 0.6 is 57.4 Å². The quantitative estimate of drug-likeness (QED) is 0.395. The van der Waals surface area contributed by atoms with Gasteiger partial charge in [0, 0.05) is 9.26 Å². The van der Waals surface area contributed by atoms with Crippen molar-refractivity contribution in [1.82, 2.24) is 5.32 Å². The summed E-state index contributed by atoms with van der Waals surface area (Å²) in [7, 11) is 0. The maximum Gasteiger partial charge on any atom is 0.319 e. The van der Waals surface area contributed by atoms with Crippen LogP contribution in [0.4, 0.5) is 14.9 Å². The molecule has 1 unspecified atom stereocenters. The summed E-state index contributed by atoms with van der Waals surface area (Å²) in [6.07, 6.45) is 0. The Hall–Kier alpha value is -0.760. The first-order chi connectivity index (χ1) is 11.2. The van der Waals surface area contributed by atoms with Gasteiger partial charge in [-0.15, -0.1) is 0 Å². The van der Waals surface area contributed by atoms with Crippen LogP contribution in [0.3, 0.4) is 0 Å². The molecular formula is C16H13Cl3FIN2O. The maximum absolute atomic E-state index is 13.8. The molecule has 0 aromatic heterocycles. The smallest absolute Gasteiger partial charge is 0.319 e. The molecule has 0 aliphatic carbocycles. The van der Waals surface area contributed by atoms with Gasteiger partial charge in [-0.1, -0.05) is 46.9 Å². The fourth-order valence-electron chi connectivity index (χ4n) is 1.97. The number of hydrogen-bond acceptors (Lipinski definition) is 1. The Morgan fingerprint density at radius 2 is 1.79 bits per heavy atom. The molecule has 0 saturated heterocycles. The Kier molecular flexibility index (Phi) is 6.59. The van der Waals surface area contributed by atoms with E-state index in [0.717, 1.165) is 3.57 Å². The molecule has 0 spiro atoms. The topological polar surface area (TPSA) is 41.1 Å². The number of urea groups is 1. The Morgan fingerprint density at radius 3 is 2.33 bits per heavy atom. The lowest BCUT2D eigenvalue weighted by atomic mass is 10.1. The van der Waals surface area contributed by atoms with E-state index in [1.807, 2.05) is 12.1 Å². The monoisotopic (exact) mass is 500 g/mol. The van der Waals surface area contributed by atoms with Crippen molar-refractivity contribution in [3.8, 4) is 0 Å². The zero-order chi connectivity index (χ0) is 17.9. The second-order valence-electron chi connectivity index (χ2n) is 5.09. The molecule has 0 saturated carbocycles. The van der Waals surface area contributed by atoms with Crippen LogP contribution in [0.25, 0.3) is 0 Å². The van der Waals surface area contributed by atoms with Crippen LogP contribution in [0.2, 0.25) is 0 Å². The fraction of sp³-hybridized carbons (Fsp3) is 0.188. The molecule has 2 aromatic carbocycles. The van der Waals surface area contributed by atoms with Crippen LogP contribution in [-0.2, 0) is 0 Å². The first-order valence-corrected chi connectivity index (χ1v) is 9.04. The van der Waals surface area contributed by atoms with Gasteiger partial charge in [-0.25, -0.2) is 9.18 Å². The Morgan fingerprint density at radius 1 is 1.17 bits per heavy atom. The van der Waals surface area contributed by atoms with Gasteiger partial charge in [-0.2, -0.15) is 0 Å². The van der Waals surface area contributed by atoms with E-state index in [0.29, 0.717) is 16.8 Å². The Labute approximate surface area is 168 Å². The minimum Gasteiger partial charge on any atom is -0.327 e. The number of carbonyl (C=O) groups is 1. The van der Waals surface area contributed by atoms with Crippen molar-refractivity contribution < 1.29 is 9.18 Å². The van der Waals surface area contributed by atoms with Crippen LogP contribution in [-0.4, -0.2) is 9.82 Å². The minimum absolute atomic E-state index is 0.357. The highest BCUT2D eigenvalue weighted by molar-refractivity contribution is 14.1. The van der Waals surface area contributed by atoms with Gasteiger partial charge < -0.3 is 10.6 Å². The maximum atomic E-state index is 13.8. The number of carbonyl (C=O) groups excluding carboxylic acids is 1. The van der Waals surface area contributed by atoms with Crippen LogP contribution in [0.15, 0.2) is 42.5 Å². The number of hydrogen-bond donors (Lipinski definition) is 2. The van der Waals surface area contributed by atoms with Gasteiger partial charge in [0.25, 0.3) is 0 Å². The lowest BCUT2D eigenvalue weighted by Crippen LogP contribution is -2.39. The summed E-state index contributed by atoms with van der Waals surface area (Å²) in [6.45, 7) is 1.63. The van der Waals surface area contributed by atoms with E-state index in [9.17, 15) is 9.18 Å². The molecule has 3 nitrogen and oxygen atoms in total. The van der Waals surface area contributed by atoms with Crippen molar-refractivity contribution >= 4 is 69.1 Å². The highest BCUT2D eigenvalue weighted by Crippen LogP contribution is 2.40. The molecule has 0 radical (unpaired) electrons. The molecule has 128 valence electrons. The molecule has 1 atom stereocenters. The zero-order valence-electron chi connectivity index (χ0n) is 12.4. The summed E-state index contributed by atoms with van der Waals surface area (Å²) >= 11 is 20.0. The van der Waals surface area contributed by atoms with Gasteiger partial charge in [-0.05, 0) is 71.0 Å². The van der Waals surface area contributed by atoms with E-state index in [1.165, 1.54) is 6.07 Å². The van der Waals surface area contributed by atoms with Crippen molar-refractivity contribution in [2.75, 3.05) is 5.32 Å². The van der Waals surface area contributed by atoms with Crippen molar-refractivity contribution in [2.24, 2.45) is 0 Å². The van der Waals surface area contributed by atoms with E-state index in [4.69, 9.17) is 34.8 Å². The van der Waals surface area contributed by atoms with E-state index in [2.05, 4.69) is 33.2 Å². The lowest BCUT2D eigenvalue weighted by molar-refractivity contribution is 0.248. The van der Waals surface area contributed by atoms with Gasteiger partial charge in [0.15, 0.2) is 0 Å². The van der Waals surface area contributed by atoms with Crippen molar-refractivity contribution in [3.63, 3.8) is 0 Å². The molecule has 0 heterocycles. The van der Waals surface area contributed by atoms with E-state index < -0.39 is 21.7 Å². The fourth-order valence-corrected chi connectivity index (χ4v) is 2.88. The third-order valence-electron chi connectivity index (χ3n) is 3.23. The van der Waals surface area contributed by atoms with Gasteiger partial charge in [-0.3, -0.25) is 0 Å². The first-order valence-electron chi connectivity index (χ1n) is 6.82. The third kappa shape index (κ3) is 5.37. The molecule has 2 amide bonds. The number of alkyl halides is 3. The van der Waals surface area contributed by atoms with Gasteiger partial charge >= 0.3 is 6.03 Å². The standard InChI is InChI=1S/C16H13Cl3FIN2O/c1-9-2-3-10(8-13(9)20)14(16(17,18)19)23-15(24)22-12-6-4-11(21)5-7-12/h2-8,14H,1H3,(H2,22,23,24). The number of rotatable bonds is 3. The second kappa shape index (κ2) is 8.08. The van der Waals surface area contributed by atoms with Gasteiger partial charge in [0.2, 0.25) is 3.79 Å². The summed E-state index contributed by atoms with van der Waals surface area (Å²) in [5.74, 6) is -0.438. The van der Waals surface area contributed by atoms with Gasteiger partial charge in [0.05, 0.1) is 0 Å². The van der Waals surface area contributed by atoms with Crippen molar-refractivity contribution in [2.45, 2.75) is 16.8 Å². The number of amides is 2. The van der Waals surface area contributed by atoms with Crippen molar-refractivity contribution in [3.05, 3.63) is 63.0 Å². The molecule has 2 rings (SSSR count). The number of nitrogens with one attached hydrogen (secondary N) is 2. The molecule has 24 heavy (non-hydrogen) atoms. The van der Waals surface area contributed by atoms with Crippen molar-refractivity contribution in [1.29, 1.82) is 0 Å². The highest BCUT2D eigenvalue weighted by atomic mass is 127. The van der Waals surface area contributed by atoms with E-state index >= 15 is 0 Å². The molecule has 0 bridgehead atoms. The molecular weight excluding hydrogens is 488 g/mol. The summed E-state index contributed by atoms with van der Waals surface area (Å²) in [4.78, 5) is 12.2. The summed E-state index contributed by atoms with van der Waals surface area (Å²) in [5, 5.41) is 5.21. The normalized spacial score (nSPS) is 12.6. The summed E-state index contributed by atoms with van der Waals surface area (Å²) in [5.41, 5.74) is 1.41. The summed E-state index contributed by atoms with van der Waals surface area (Å²) < 4.78 is 13.0. The van der Waals surface area contributed by atoms with E-state index in [1.54, 1.807) is 31.2 Å². The van der Waals surface area contributed by atoms with Gasteiger partial charge in [0.1, 0.15) is 11.9 Å². The van der Waals surface area contributed by atoms with Crippen LogP contribution in [0, 0.1) is 16.3 Å². The summed E-state index contributed by atoms with van der Waals surface area (Å²) in [6, 6.07) is 10.0. The first kappa shape index (κ1) is 19.6. The minimum atomic E-state index is -1.84. The SMILES string of the molecule is Cc1ccc(C(NC(=O)Nc2ccc(I)cc2)C(Cl)(Cl)Cl)cc1F. The molecule has 0 fully saturated rings. The molecule has 8 heteroatoms. The number of aryl methyl sites for hydroxylation is 1. The van der Waals surface area contributed by atoms with Crippen LogP contribution < -0.4 is 10.6 Å². The number of benzene rings is 2. The number of halogens is 5. The molecule has 2 N–H and O–H groups in total. The largest absolute Gasteiger partial charge is 0.327 e. The predicted molar refractivity (Wildman–Crippen MR) is 105 cm³/mol. The molecule has 0 aliphatic rings. The highest BCUT2D eigenvalue weighted by Gasteiger charge is 2.35. The predicted octanol–water partition coefficient (Wildman–Crippen LogP) is 5.97. The lowest BCUT2D eigenvalue weighted by Gasteiger charge is -2.26. The number of anilines is 1. The Balaban J connectivity index is 2.18. The molecule has 2 aromatic rings. The molecule has 0 aliphatic heterocycles.